The Balaban J connectivity index is 1.24. The molecule has 204 valence electrons. The molecular weight excluding hydrogens is 518 g/mol. The maximum Gasteiger partial charge on any atom is 0.252 e. The summed E-state index contributed by atoms with van der Waals surface area (Å²) in [6.45, 7) is 4.26. The van der Waals surface area contributed by atoms with E-state index in [0.717, 1.165) is 30.7 Å². The Morgan fingerprint density at radius 3 is 2.47 bits per heavy atom. The highest BCUT2D eigenvalue weighted by molar-refractivity contribution is 7.91. The molecule has 7 nitrogen and oxygen atoms in total. The van der Waals surface area contributed by atoms with E-state index < -0.39 is 10.0 Å². The van der Waals surface area contributed by atoms with E-state index in [1.165, 1.54) is 35.3 Å². The lowest BCUT2D eigenvalue weighted by Crippen LogP contribution is -2.44. The molecule has 2 N–H and O–H groups in total. The van der Waals surface area contributed by atoms with E-state index in [-0.39, 0.29) is 12.5 Å². The Bertz CT molecular complexity index is 1300. The molecule has 1 amide bonds. The lowest BCUT2D eigenvalue weighted by Gasteiger charge is -2.31. The van der Waals surface area contributed by atoms with Gasteiger partial charge in [0.2, 0.25) is 0 Å². The topological polar surface area (TPSA) is 87.7 Å². The molecule has 1 aliphatic heterocycles. The SMILES string of the molecule is CCCCc1ccc(CNC2CCN(S(=O)(=O)c3ccc(CNC(=O)c4cccc(OC)c4)s3)CC2)cc1. The number of carbonyl (C=O) groups is 1. The number of nitrogens with zero attached hydrogens (tertiary/aromatic N) is 1. The van der Waals surface area contributed by atoms with Crippen LogP contribution in [0.15, 0.2) is 64.9 Å². The van der Waals surface area contributed by atoms with Crippen molar-refractivity contribution in [3.05, 3.63) is 82.2 Å². The number of piperidine rings is 1. The lowest BCUT2D eigenvalue weighted by atomic mass is 10.0. The number of sulfonamides is 1. The number of rotatable bonds is 12. The number of hydrogen-bond acceptors (Lipinski definition) is 6. The number of unbranched alkanes of at least 4 members (excludes halogenated alkanes) is 1. The summed E-state index contributed by atoms with van der Waals surface area (Å²) in [5.41, 5.74) is 3.13. The van der Waals surface area contributed by atoms with Crippen LogP contribution in [0.25, 0.3) is 0 Å². The first kappa shape index (κ1) is 28.3. The van der Waals surface area contributed by atoms with Gasteiger partial charge in [-0.3, -0.25) is 4.79 Å². The maximum absolute atomic E-state index is 13.2. The van der Waals surface area contributed by atoms with Crippen LogP contribution in [0.1, 0.15) is 59.0 Å². The molecule has 0 unspecified atom stereocenters. The molecule has 1 fully saturated rings. The minimum atomic E-state index is -3.55. The van der Waals surface area contributed by atoms with E-state index in [2.05, 4.69) is 41.8 Å². The van der Waals surface area contributed by atoms with Crippen LogP contribution in [0.4, 0.5) is 0 Å². The number of nitrogens with one attached hydrogen (secondary N) is 2. The zero-order chi connectivity index (χ0) is 27.0. The van der Waals surface area contributed by atoms with Crippen molar-refractivity contribution in [3.63, 3.8) is 0 Å². The minimum Gasteiger partial charge on any atom is -0.497 e. The number of ether oxygens (including phenoxy) is 1. The van der Waals surface area contributed by atoms with Crippen LogP contribution in [-0.4, -0.2) is 44.9 Å². The fourth-order valence-electron chi connectivity index (χ4n) is 4.52. The van der Waals surface area contributed by atoms with Crippen molar-refractivity contribution < 1.29 is 17.9 Å². The summed E-state index contributed by atoms with van der Waals surface area (Å²) in [5, 5.41) is 6.45. The van der Waals surface area contributed by atoms with Crippen molar-refractivity contribution in [3.8, 4) is 5.75 Å². The van der Waals surface area contributed by atoms with Gasteiger partial charge in [-0.25, -0.2) is 8.42 Å². The molecule has 3 aromatic rings. The van der Waals surface area contributed by atoms with Gasteiger partial charge in [0.15, 0.2) is 0 Å². The Morgan fingerprint density at radius 2 is 1.76 bits per heavy atom. The highest BCUT2D eigenvalue weighted by Crippen LogP contribution is 2.27. The molecule has 0 atom stereocenters. The van der Waals surface area contributed by atoms with Gasteiger partial charge < -0.3 is 15.4 Å². The highest BCUT2D eigenvalue weighted by Gasteiger charge is 2.30. The summed E-state index contributed by atoms with van der Waals surface area (Å²) in [4.78, 5) is 13.3. The number of amides is 1. The fourth-order valence-corrected chi connectivity index (χ4v) is 7.44. The Morgan fingerprint density at radius 1 is 1.03 bits per heavy atom. The smallest absolute Gasteiger partial charge is 0.252 e. The van der Waals surface area contributed by atoms with Crippen molar-refractivity contribution in [1.82, 2.24) is 14.9 Å². The van der Waals surface area contributed by atoms with Gasteiger partial charge in [0.05, 0.1) is 13.7 Å². The third kappa shape index (κ3) is 7.44. The van der Waals surface area contributed by atoms with Crippen LogP contribution in [0, 0.1) is 0 Å². The zero-order valence-corrected chi connectivity index (χ0v) is 23.7. The van der Waals surface area contributed by atoms with Crippen molar-refractivity contribution in [2.24, 2.45) is 0 Å². The summed E-state index contributed by atoms with van der Waals surface area (Å²) < 4.78 is 33.5. The Kier molecular flexibility index (Phi) is 9.96. The van der Waals surface area contributed by atoms with Gasteiger partial charge in [-0.05, 0) is 67.1 Å². The zero-order valence-electron chi connectivity index (χ0n) is 22.1. The number of methoxy groups -OCH3 is 1. The number of carbonyl (C=O) groups excluding carboxylic acids is 1. The quantitative estimate of drug-likeness (QED) is 0.329. The molecule has 0 bridgehead atoms. The predicted molar refractivity (Wildman–Crippen MR) is 152 cm³/mol. The standard InChI is InChI=1S/C29H37N3O4S2/c1-3-4-6-22-9-11-23(12-10-22)20-30-25-15-17-32(18-16-25)38(34,35)28-14-13-27(37-28)21-31-29(33)24-7-5-8-26(19-24)36-2/h5,7-14,19,25,30H,3-4,6,15-18,20-21H2,1-2H3,(H,31,33). The number of hydrogen-bond donors (Lipinski definition) is 2. The summed E-state index contributed by atoms with van der Waals surface area (Å²) >= 11 is 1.21. The molecule has 2 aromatic carbocycles. The second-order valence-corrected chi connectivity index (χ2v) is 12.9. The highest BCUT2D eigenvalue weighted by atomic mass is 32.2. The summed E-state index contributed by atoms with van der Waals surface area (Å²) in [6.07, 6.45) is 5.10. The van der Waals surface area contributed by atoms with E-state index in [1.807, 2.05) is 0 Å². The normalized spacial score (nSPS) is 14.9. The van der Waals surface area contributed by atoms with Crippen LogP contribution >= 0.6 is 11.3 Å². The molecule has 0 aliphatic carbocycles. The average molecular weight is 556 g/mol. The third-order valence-corrected chi connectivity index (χ3v) is 10.3. The first-order chi connectivity index (χ1) is 18.4. The number of thiophene rings is 1. The molecule has 9 heteroatoms. The largest absolute Gasteiger partial charge is 0.497 e. The van der Waals surface area contributed by atoms with Gasteiger partial charge in [-0.15, -0.1) is 11.3 Å². The molecule has 0 radical (unpaired) electrons. The fraction of sp³-hybridized carbons (Fsp3) is 0.414. The molecule has 2 heterocycles. The van der Waals surface area contributed by atoms with E-state index in [9.17, 15) is 13.2 Å². The molecule has 4 rings (SSSR count). The second kappa shape index (κ2) is 13.4. The van der Waals surface area contributed by atoms with Gasteiger partial charge in [0.1, 0.15) is 9.96 Å². The van der Waals surface area contributed by atoms with Gasteiger partial charge in [-0.2, -0.15) is 4.31 Å². The van der Waals surface area contributed by atoms with E-state index in [4.69, 9.17) is 4.74 Å². The van der Waals surface area contributed by atoms with Crippen LogP contribution < -0.4 is 15.4 Å². The van der Waals surface area contributed by atoms with Crippen LogP contribution in [0.3, 0.4) is 0 Å². The summed E-state index contributed by atoms with van der Waals surface area (Å²) in [6, 6.07) is 19.4. The average Bonchev–Trinajstić information content (AvgIpc) is 3.44. The molecule has 38 heavy (non-hydrogen) atoms. The second-order valence-electron chi connectivity index (χ2n) is 9.61. The van der Waals surface area contributed by atoms with E-state index >= 15 is 0 Å². The Hall–Kier alpha value is -2.72. The van der Waals surface area contributed by atoms with E-state index in [0.29, 0.717) is 34.7 Å². The maximum atomic E-state index is 13.2. The first-order valence-electron chi connectivity index (χ1n) is 13.2. The molecule has 1 aromatic heterocycles. The minimum absolute atomic E-state index is 0.233. The van der Waals surface area contributed by atoms with Crippen LogP contribution in [0.5, 0.6) is 5.75 Å². The van der Waals surface area contributed by atoms with Gasteiger partial charge in [0, 0.05) is 36.1 Å². The predicted octanol–water partition coefficient (Wildman–Crippen LogP) is 4.97. The van der Waals surface area contributed by atoms with Crippen molar-refractivity contribution in [2.45, 2.75) is 62.4 Å². The van der Waals surface area contributed by atoms with Crippen LogP contribution in [-0.2, 0) is 29.5 Å². The summed E-state index contributed by atoms with van der Waals surface area (Å²) in [5.74, 6) is 0.376. The lowest BCUT2D eigenvalue weighted by molar-refractivity contribution is 0.0951. The van der Waals surface area contributed by atoms with E-state index in [1.54, 1.807) is 47.8 Å². The van der Waals surface area contributed by atoms with Crippen molar-refractivity contribution >= 4 is 27.3 Å². The molecule has 1 aliphatic rings. The molecular formula is C29H37N3O4S2. The summed E-state index contributed by atoms with van der Waals surface area (Å²) in [7, 11) is -2.00. The Labute approximate surface area is 230 Å². The first-order valence-corrected chi connectivity index (χ1v) is 15.5. The molecule has 0 saturated carbocycles. The van der Waals surface area contributed by atoms with Gasteiger partial charge in [-0.1, -0.05) is 43.7 Å². The molecule has 0 spiro atoms. The van der Waals surface area contributed by atoms with Gasteiger partial charge >= 0.3 is 0 Å². The molecule has 1 saturated heterocycles. The van der Waals surface area contributed by atoms with Crippen molar-refractivity contribution in [2.75, 3.05) is 20.2 Å². The third-order valence-electron chi connectivity index (χ3n) is 6.88. The number of aryl methyl sites for hydroxylation is 1. The van der Waals surface area contributed by atoms with Crippen molar-refractivity contribution in [1.29, 1.82) is 0 Å². The monoisotopic (exact) mass is 555 g/mol. The van der Waals surface area contributed by atoms with Gasteiger partial charge in [0.25, 0.3) is 15.9 Å². The number of benzene rings is 2. The van der Waals surface area contributed by atoms with Crippen LogP contribution in [0.2, 0.25) is 0 Å².